The summed E-state index contributed by atoms with van der Waals surface area (Å²) in [6.07, 6.45) is 3.03. The predicted molar refractivity (Wildman–Crippen MR) is 160 cm³/mol. The molecule has 39 heavy (non-hydrogen) atoms. The van der Waals surface area contributed by atoms with Gasteiger partial charge in [0.2, 0.25) is 5.91 Å². The Morgan fingerprint density at radius 1 is 0.923 bits per heavy atom. The van der Waals surface area contributed by atoms with Crippen molar-refractivity contribution in [1.29, 1.82) is 0 Å². The number of rotatable bonds is 10. The Morgan fingerprint density at radius 3 is 2.41 bits per heavy atom. The molecule has 0 atom stereocenters. The average Bonchev–Trinajstić information content (AvgIpc) is 2.93. The third-order valence-corrected chi connectivity index (χ3v) is 6.80. The van der Waals surface area contributed by atoms with Crippen molar-refractivity contribution in [1.82, 2.24) is 0 Å². The summed E-state index contributed by atoms with van der Waals surface area (Å²) in [5, 5.41) is 3.80. The van der Waals surface area contributed by atoms with Gasteiger partial charge in [-0.2, -0.15) is 0 Å². The van der Waals surface area contributed by atoms with E-state index in [4.69, 9.17) is 32.7 Å². The van der Waals surface area contributed by atoms with E-state index in [0.29, 0.717) is 55.0 Å². The van der Waals surface area contributed by atoms with E-state index in [1.807, 2.05) is 43.3 Å². The van der Waals surface area contributed by atoms with Crippen LogP contribution in [0.1, 0.15) is 34.0 Å². The van der Waals surface area contributed by atoms with Crippen LogP contribution in [0.3, 0.4) is 0 Å². The second kappa shape index (κ2) is 13.5. The molecule has 1 amide bonds. The number of carbonyl (C=O) groups excluding carboxylic acids is 2. The standard InChI is InChI=1S/C31H24BrCl2NO4/c1-2-38-28-17-20(16-25(32)31(28)39-19-22-10-6-7-11-26(22)34)12-15-29(36)35-27-14-13-23(33)18-24(27)30(37)21-8-4-3-5-9-21/h3-18H,2,19H2,1H3,(H,35,36)/b15-12+. The van der Waals surface area contributed by atoms with Crippen LogP contribution in [-0.2, 0) is 11.4 Å². The van der Waals surface area contributed by atoms with Gasteiger partial charge in [0.15, 0.2) is 17.3 Å². The van der Waals surface area contributed by atoms with Crippen molar-refractivity contribution < 1.29 is 19.1 Å². The second-order valence-corrected chi connectivity index (χ2v) is 10.0. The van der Waals surface area contributed by atoms with Gasteiger partial charge in [0.1, 0.15) is 6.61 Å². The third-order valence-electron chi connectivity index (χ3n) is 5.61. The SMILES string of the molecule is CCOc1cc(/C=C/C(=O)Nc2ccc(Cl)cc2C(=O)c2ccccc2)cc(Br)c1OCc1ccccc1Cl. The number of amides is 1. The molecule has 0 aliphatic rings. The molecule has 0 saturated heterocycles. The molecular weight excluding hydrogens is 601 g/mol. The summed E-state index contributed by atoms with van der Waals surface area (Å²) in [5.74, 6) is 0.402. The van der Waals surface area contributed by atoms with Crippen molar-refractivity contribution >= 4 is 62.6 Å². The Morgan fingerprint density at radius 2 is 1.67 bits per heavy atom. The average molecular weight is 625 g/mol. The maximum Gasteiger partial charge on any atom is 0.248 e. The molecule has 0 fully saturated rings. The topological polar surface area (TPSA) is 64.6 Å². The van der Waals surface area contributed by atoms with E-state index in [1.54, 1.807) is 54.6 Å². The van der Waals surface area contributed by atoms with Crippen LogP contribution in [0.2, 0.25) is 10.0 Å². The van der Waals surface area contributed by atoms with Crippen molar-refractivity contribution in [3.8, 4) is 11.5 Å². The van der Waals surface area contributed by atoms with Gasteiger partial charge in [0, 0.05) is 32.8 Å². The van der Waals surface area contributed by atoms with Crippen LogP contribution in [0.15, 0.2) is 95.5 Å². The monoisotopic (exact) mass is 623 g/mol. The molecule has 0 aliphatic heterocycles. The molecule has 0 spiro atoms. The Labute approximate surface area is 245 Å². The highest BCUT2D eigenvalue weighted by atomic mass is 79.9. The van der Waals surface area contributed by atoms with E-state index >= 15 is 0 Å². The number of carbonyl (C=O) groups is 2. The molecule has 4 rings (SSSR count). The fraction of sp³-hybridized carbons (Fsp3) is 0.0968. The molecule has 198 valence electrons. The number of halogens is 3. The first-order chi connectivity index (χ1) is 18.9. The van der Waals surface area contributed by atoms with Gasteiger partial charge in [-0.25, -0.2) is 0 Å². The number of hydrogen-bond donors (Lipinski definition) is 1. The van der Waals surface area contributed by atoms with E-state index in [9.17, 15) is 9.59 Å². The Hall–Kier alpha value is -3.58. The minimum absolute atomic E-state index is 0.241. The Kier molecular flexibility index (Phi) is 9.82. The summed E-state index contributed by atoms with van der Waals surface area (Å²) < 4.78 is 12.5. The Balaban J connectivity index is 1.52. The van der Waals surface area contributed by atoms with Crippen molar-refractivity contribution in [3.63, 3.8) is 0 Å². The number of anilines is 1. The molecule has 8 heteroatoms. The first-order valence-electron chi connectivity index (χ1n) is 12.1. The maximum atomic E-state index is 13.0. The lowest BCUT2D eigenvalue weighted by Crippen LogP contribution is -2.12. The minimum atomic E-state index is -0.410. The van der Waals surface area contributed by atoms with E-state index in [-0.39, 0.29) is 12.4 Å². The quantitative estimate of drug-likeness (QED) is 0.142. The maximum absolute atomic E-state index is 13.0. The molecule has 0 unspecified atom stereocenters. The lowest BCUT2D eigenvalue weighted by atomic mass is 10.0. The summed E-state index contributed by atoms with van der Waals surface area (Å²) in [5.41, 5.74) is 2.72. The van der Waals surface area contributed by atoms with Crippen LogP contribution in [0.25, 0.3) is 6.08 Å². The number of hydrogen-bond acceptors (Lipinski definition) is 4. The van der Waals surface area contributed by atoms with Crippen LogP contribution in [0.4, 0.5) is 5.69 Å². The van der Waals surface area contributed by atoms with Crippen LogP contribution in [-0.4, -0.2) is 18.3 Å². The summed E-state index contributed by atoms with van der Waals surface area (Å²) >= 11 is 16.0. The molecule has 1 N–H and O–H groups in total. The lowest BCUT2D eigenvalue weighted by molar-refractivity contribution is -0.111. The molecule has 0 radical (unpaired) electrons. The molecule has 0 heterocycles. The molecular formula is C31H24BrCl2NO4. The Bertz CT molecular complexity index is 1520. The number of nitrogens with one attached hydrogen (secondary N) is 1. The van der Waals surface area contributed by atoms with Crippen molar-refractivity contribution in [2.75, 3.05) is 11.9 Å². The van der Waals surface area contributed by atoms with Gasteiger partial charge in [-0.3, -0.25) is 9.59 Å². The lowest BCUT2D eigenvalue weighted by Gasteiger charge is -2.15. The van der Waals surface area contributed by atoms with Crippen LogP contribution in [0, 0.1) is 0 Å². The molecule has 0 aromatic heterocycles. The van der Waals surface area contributed by atoms with Crippen LogP contribution < -0.4 is 14.8 Å². The number of ketones is 1. The normalized spacial score (nSPS) is 10.9. The second-order valence-electron chi connectivity index (χ2n) is 8.35. The zero-order valence-corrected chi connectivity index (χ0v) is 24.0. The molecule has 4 aromatic rings. The summed E-state index contributed by atoms with van der Waals surface area (Å²) in [6.45, 7) is 2.57. The van der Waals surface area contributed by atoms with Gasteiger partial charge in [-0.1, -0.05) is 71.7 Å². The number of benzene rings is 4. The van der Waals surface area contributed by atoms with E-state index in [2.05, 4.69) is 21.2 Å². The fourth-order valence-corrected chi connectivity index (χ4v) is 4.69. The van der Waals surface area contributed by atoms with Crippen molar-refractivity contribution in [2.45, 2.75) is 13.5 Å². The van der Waals surface area contributed by atoms with E-state index < -0.39 is 5.91 Å². The van der Waals surface area contributed by atoms with Gasteiger partial charge in [0.25, 0.3) is 0 Å². The first-order valence-corrected chi connectivity index (χ1v) is 13.6. The third kappa shape index (κ3) is 7.51. The fourth-order valence-electron chi connectivity index (χ4n) is 3.76. The van der Waals surface area contributed by atoms with Crippen molar-refractivity contribution in [2.24, 2.45) is 0 Å². The highest BCUT2D eigenvalue weighted by Crippen LogP contribution is 2.38. The summed E-state index contributed by atoms with van der Waals surface area (Å²) in [6, 6.07) is 24.6. The predicted octanol–water partition coefficient (Wildman–Crippen LogP) is 8.62. The minimum Gasteiger partial charge on any atom is -0.490 e. The van der Waals surface area contributed by atoms with Gasteiger partial charge in [-0.05, 0) is 70.9 Å². The molecule has 4 aromatic carbocycles. The first kappa shape index (κ1) is 28.4. The van der Waals surface area contributed by atoms with Gasteiger partial charge < -0.3 is 14.8 Å². The largest absolute Gasteiger partial charge is 0.490 e. The molecule has 0 saturated carbocycles. The zero-order chi connectivity index (χ0) is 27.8. The highest BCUT2D eigenvalue weighted by Gasteiger charge is 2.16. The number of ether oxygens (including phenoxy) is 2. The summed E-state index contributed by atoms with van der Waals surface area (Å²) in [7, 11) is 0. The van der Waals surface area contributed by atoms with Gasteiger partial charge >= 0.3 is 0 Å². The summed E-state index contributed by atoms with van der Waals surface area (Å²) in [4.78, 5) is 25.9. The van der Waals surface area contributed by atoms with E-state index in [1.165, 1.54) is 6.08 Å². The molecule has 0 bridgehead atoms. The van der Waals surface area contributed by atoms with Gasteiger partial charge in [-0.15, -0.1) is 0 Å². The van der Waals surface area contributed by atoms with Crippen LogP contribution in [0.5, 0.6) is 11.5 Å². The zero-order valence-electron chi connectivity index (χ0n) is 20.9. The van der Waals surface area contributed by atoms with Crippen LogP contribution >= 0.6 is 39.1 Å². The van der Waals surface area contributed by atoms with E-state index in [0.717, 1.165) is 5.56 Å². The smallest absolute Gasteiger partial charge is 0.248 e. The molecule has 0 aliphatic carbocycles. The molecule has 5 nitrogen and oxygen atoms in total. The highest BCUT2D eigenvalue weighted by molar-refractivity contribution is 9.10. The van der Waals surface area contributed by atoms with Crippen molar-refractivity contribution in [3.05, 3.63) is 128 Å². The van der Waals surface area contributed by atoms with Gasteiger partial charge in [0.05, 0.1) is 16.8 Å².